The molecule has 20 nitrogen and oxygen atoms in total. The van der Waals surface area contributed by atoms with Crippen molar-refractivity contribution in [2.75, 3.05) is 40.4 Å². The molecule has 2 aromatic carbocycles. The molecule has 0 unspecified atom stereocenters. The summed E-state index contributed by atoms with van der Waals surface area (Å²) in [5, 5.41) is 32.0. The Balaban J connectivity index is 0.000000202. The van der Waals surface area contributed by atoms with E-state index in [9.17, 15) is 28.8 Å². The van der Waals surface area contributed by atoms with Crippen LogP contribution in [0.2, 0.25) is 0 Å². The van der Waals surface area contributed by atoms with Crippen LogP contribution in [0.5, 0.6) is 0 Å². The first kappa shape index (κ1) is 54.9. The van der Waals surface area contributed by atoms with Gasteiger partial charge >= 0.3 is 11.9 Å². The first-order chi connectivity index (χ1) is 36.8. The lowest BCUT2D eigenvalue weighted by atomic mass is 9.93. The minimum Gasteiger partial charge on any atom is -0.464 e. The van der Waals surface area contributed by atoms with E-state index >= 15 is 0 Å². The summed E-state index contributed by atoms with van der Waals surface area (Å²) in [4.78, 5) is 86.7. The Kier molecular flexibility index (Phi) is 17.7. The fourth-order valence-corrected chi connectivity index (χ4v) is 11.1. The largest absolute Gasteiger partial charge is 0.464 e. The molecule has 0 bridgehead atoms. The number of unbranched alkanes of at least 4 members (excludes halogenated alkanes) is 2. The lowest BCUT2D eigenvalue weighted by Gasteiger charge is -2.26. The number of carbonyl (C=O) groups excluding carboxylic acids is 6. The van der Waals surface area contributed by atoms with Gasteiger partial charge in [0.25, 0.3) is 0 Å². The molecule has 2 N–H and O–H groups in total. The maximum Gasteiger partial charge on any atom is 0.332 e. The first-order valence-electron chi connectivity index (χ1n) is 26.9. The van der Waals surface area contributed by atoms with E-state index in [1.165, 1.54) is 9.59 Å². The number of aromatic nitrogens is 8. The number of amides is 4. The molecule has 0 radical (unpaired) electrons. The summed E-state index contributed by atoms with van der Waals surface area (Å²) in [7, 11) is 3.57. The standard InChI is InChI=1S/C29H38N6O4.C27H34N6O4/c1-5-8-9-13-16-34(4)27(37)24-18-22(35-32-25(31-33-35)20-14-11-10-12-15-20)17-23(24)26(36)30-29(19-21(29)6-2)28(38)39-7-3;1-3-37-26(36)27-17-19(27)13-9-4-5-10-14-32(2)25(35)22-16-20(15-21(22)24(34)28-27)33-30-23(29-31-33)18-11-7-6-8-12-18/h5-6,10-12,14-15,21-24H,1-2,7-9,13,16-19H2,3-4H3,(H,30,36);6-9,11-13,19-22H,3-5,10,14-17H2,1-2H3,(H,28,34)/b;13-9-/t21-,22-,23-,24-,29-;19-,20-,21-,22-,27-/m11/s1. The topological polar surface area (TPSA) is 239 Å². The smallest absolute Gasteiger partial charge is 0.332 e. The van der Waals surface area contributed by atoms with Gasteiger partial charge in [-0.1, -0.05) is 85.0 Å². The molecule has 404 valence electrons. The molecule has 76 heavy (non-hydrogen) atoms. The van der Waals surface area contributed by atoms with Crippen molar-refractivity contribution in [3.8, 4) is 22.8 Å². The van der Waals surface area contributed by atoms with Gasteiger partial charge in [0.15, 0.2) is 0 Å². The summed E-state index contributed by atoms with van der Waals surface area (Å²) in [6, 6.07) is 18.5. The maximum absolute atomic E-state index is 13.7. The number of tetrazole rings is 2. The van der Waals surface area contributed by atoms with Crippen LogP contribution in [0, 0.1) is 35.5 Å². The van der Waals surface area contributed by atoms with Gasteiger partial charge in [-0.3, -0.25) is 19.2 Å². The third-order valence-corrected chi connectivity index (χ3v) is 15.6. The van der Waals surface area contributed by atoms with Crippen LogP contribution in [0.1, 0.15) is 103 Å². The number of hydrogen-bond acceptors (Lipinski definition) is 14. The minimum atomic E-state index is -1.12. The van der Waals surface area contributed by atoms with Crippen molar-refractivity contribution in [1.29, 1.82) is 0 Å². The molecule has 0 spiro atoms. The van der Waals surface area contributed by atoms with Gasteiger partial charge in [0, 0.05) is 50.1 Å². The predicted octanol–water partition coefficient (Wildman–Crippen LogP) is 5.89. The van der Waals surface area contributed by atoms with Crippen LogP contribution in [-0.2, 0) is 38.2 Å². The quantitative estimate of drug-likeness (QED) is 0.0713. The van der Waals surface area contributed by atoms with E-state index in [1.807, 2.05) is 72.8 Å². The zero-order valence-corrected chi connectivity index (χ0v) is 44.2. The van der Waals surface area contributed by atoms with Crippen LogP contribution >= 0.6 is 0 Å². The summed E-state index contributed by atoms with van der Waals surface area (Å²) in [6.07, 6.45) is 15.5. The van der Waals surface area contributed by atoms with Gasteiger partial charge in [-0.05, 0) is 101 Å². The Morgan fingerprint density at radius 2 is 1.41 bits per heavy atom. The predicted molar refractivity (Wildman–Crippen MR) is 281 cm³/mol. The van der Waals surface area contributed by atoms with Gasteiger partial charge in [0.2, 0.25) is 35.3 Å². The van der Waals surface area contributed by atoms with Crippen LogP contribution in [-0.4, -0.2) is 137 Å². The normalized spacial score (nSPS) is 28.2. The average molecular weight is 1040 g/mol. The van der Waals surface area contributed by atoms with Crippen LogP contribution in [0.4, 0.5) is 0 Å². The molecule has 4 aromatic rings. The number of nitrogens with zero attached hydrogens (tertiary/aromatic N) is 10. The third kappa shape index (κ3) is 12.2. The number of fused-ring (bicyclic) bond motifs is 2. The number of ether oxygens (including phenoxy) is 2. The third-order valence-electron chi connectivity index (χ3n) is 15.6. The van der Waals surface area contributed by atoms with Crippen LogP contribution in [0.3, 0.4) is 0 Å². The number of benzene rings is 2. The molecule has 4 amide bonds. The number of allylic oxidation sites excluding steroid dienone is 2. The molecule has 5 aliphatic rings. The molecule has 20 heteroatoms. The van der Waals surface area contributed by atoms with E-state index in [0.29, 0.717) is 63.3 Å². The number of nitrogens with one attached hydrogen (secondary N) is 2. The van der Waals surface area contributed by atoms with Gasteiger partial charge in [-0.2, -0.15) is 9.59 Å². The van der Waals surface area contributed by atoms with Crippen LogP contribution < -0.4 is 10.6 Å². The average Bonchev–Trinajstić information content (AvgIpc) is 3.96. The van der Waals surface area contributed by atoms with E-state index in [1.54, 1.807) is 43.8 Å². The highest BCUT2D eigenvalue weighted by atomic mass is 16.5. The highest BCUT2D eigenvalue weighted by Gasteiger charge is 2.63. The molecule has 4 fully saturated rings. The molecule has 1 aliphatic heterocycles. The Morgan fingerprint density at radius 1 is 0.803 bits per heavy atom. The number of rotatable bonds is 17. The molecule has 10 atom stereocenters. The van der Waals surface area contributed by atoms with Crippen molar-refractivity contribution in [3.05, 3.63) is 98.1 Å². The lowest BCUT2D eigenvalue weighted by molar-refractivity contribution is -0.150. The second-order valence-electron chi connectivity index (χ2n) is 20.7. The molecular weight excluding hydrogens is 969 g/mol. The Labute approximate surface area is 444 Å². The van der Waals surface area contributed by atoms with E-state index in [2.05, 4.69) is 60.7 Å². The van der Waals surface area contributed by atoms with Crippen LogP contribution in [0.15, 0.2) is 98.1 Å². The van der Waals surface area contributed by atoms with E-state index in [0.717, 1.165) is 49.7 Å². The highest BCUT2D eigenvalue weighted by Crippen LogP contribution is 2.49. The summed E-state index contributed by atoms with van der Waals surface area (Å²) in [5.41, 5.74) is -0.493. The fraction of sp³-hybridized carbons (Fsp3) is 0.536. The lowest BCUT2D eigenvalue weighted by Crippen LogP contribution is -2.50. The molecule has 2 aromatic heterocycles. The zero-order chi connectivity index (χ0) is 54.0. The molecule has 4 saturated carbocycles. The Bertz CT molecular complexity index is 2750. The van der Waals surface area contributed by atoms with Crippen LogP contribution in [0.25, 0.3) is 22.8 Å². The van der Waals surface area contributed by atoms with Crippen molar-refractivity contribution >= 4 is 35.6 Å². The summed E-state index contributed by atoms with van der Waals surface area (Å²) in [5.74, 6) is -3.35. The fourth-order valence-electron chi connectivity index (χ4n) is 11.1. The maximum atomic E-state index is 13.7. The molecule has 3 heterocycles. The monoisotopic (exact) mass is 1040 g/mol. The van der Waals surface area contributed by atoms with Crippen molar-refractivity contribution in [2.24, 2.45) is 35.5 Å². The minimum absolute atomic E-state index is 0.0591. The van der Waals surface area contributed by atoms with Gasteiger partial charge in [0.05, 0.1) is 49.0 Å². The summed E-state index contributed by atoms with van der Waals surface area (Å²) >= 11 is 0. The van der Waals surface area contributed by atoms with Gasteiger partial charge in [-0.25, -0.2) is 9.59 Å². The molecule has 0 saturated heterocycles. The van der Waals surface area contributed by atoms with E-state index in [4.69, 9.17) is 9.47 Å². The van der Waals surface area contributed by atoms with Crippen molar-refractivity contribution in [1.82, 2.24) is 60.8 Å². The number of carbonyl (C=O) groups is 6. The Morgan fingerprint density at radius 3 is 2.01 bits per heavy atom. The van der Waals surface area contributed by atoms with Gasteiger partial charge < -0.3 is 29.9 Å². The van der Waals surface area contributed by atoms with Crippen molar-refractivity contribution in [2.45, 2.75) is 114 Å². The molecular formula is C56H72N12O8. The summed E-state index contributed by atoms with van der Waals surface area (Å²) in [6.45, 7) is 12.7. The second-order valence-corrected chi connectivity index (χ2v) is 20.7. The van der Waals surface area contributed by atoms with Gasteiger partial charge in [-0.15, -0.1) is 33.6 Å². The second kappa shape index (κ2) is 24.5. The zero-order valence-electron chi connectivity index (χ0n) is 44.2. The Hall–Kier alpha value is -7.38. The van der Waals surface area contributed by atoms with Gasteiger partial charge in [0.1, 0.15) is 11.1 Å². The van der Waals surface area contributed by atoms with E-state index in [-0.39, 0.29) is 60.8 Å². The number of hydrogen-bond donors (Lipinski definition) is 2. The first-order valence-corrected chi connectivity index (χ1v) is 26.9. The van der Waals surface area contributed by atoms with Crippen molar-refractivity contribution < 1.29 is 38.2 Å². The number of esters is 2. The molecule has 9 rings (SSSR count). The van der Waals surface area contributed by atoms with Crippen molar-refractivity contribution in [3.63, 3.8) is 0 Å². The summed E-state index contributed by atoms with van der Waals surface area (Å²) < 4.78 is 10.6. The molecule has 4 aliphatic carbocycles. The SMILES string of the molecule is C=CCCCCN(C)C(=O)[C@@H]1C[C@H](n2nnc(-c3ccccc3)n2)C[C@H]1C(=O)N[C@]1(C(=O)OCC)C[C@H]1C=C.CCOC(=O)[C@@]12C[C@H]1/C=C\CCCCN(C)C(=O)[C@@H]1C[C@H](n3nnc(-c4ccccc4)n3)C[C@H]1C(=O)N2. The van der Waals surface area contributed by atoms with E-state index < -0.39 is 46.7 Å². The highest BCUT2D eigenvalue weighted by molar-refractivity contribution is 5.96.